The summed E-state index contributed by atoms with van der Waals surface area (Å²) in [4.78, 5) is 3.78. The van der Waals surface area contributed by atoms with Gasteiger partial charge >= 0.3 is 0 Å². The molecule has 1 atom stereocenters. The van der Waals surface area contributed by atoms with Crippen molar-refractivity contribution in [1.82, 2.24) is 4.98 Å². The van der Waals surface area contributed by atoms with Crippen molar-refractivity contribution < 1.29 is 9.50 Å². The molecule has 0 spiro atoms. The second-order valence-electron chi connectivity index (χ2n) is 4.57. The maximum atomic E-state index is 13.0. The zero-order valence-electron chi connectivity index (χ0n) is 9.90. The van der Waals surface area contributed by atoms with E-state index >= 15 is 0 Å². The van der Waals surface area contributed by atoms with Gasteiger partial charge in [-0.05, 0) is 37.3 Å². The number of rotatable bonds is 2. The number of aliphatic hydroxyl groups excluding tert-OH is 1. The number of hydrogen-bond acceptors (Lipinski definition) is 2. The van der Waals surface area contributed by atoms with Crippen LogP contribution in [-0.4, -0.2) is 10.1 Å². The lowest BCUT2D eigenvalue weighted by Gasteiger charge is -2.17. The molecule has 0 fully saturated rings. The van der Waals surface area contributed by atoms with Gasteiger partial charge in [-0.15, -0.1) is 0 Å². The van der Waals surface area contributed by atoms with Crippen molar-refractivity contribution in [3.05, 3.63) is 41.5 Å². The standard InChI is InChI=1S/C14H18FNO/c15-13-8-12(9-16-10-13)14(17)11-6-4-2-1-3-5-7-11/h6,8-10,14,17H,1-5,7H2/b11-6+. The third-order valence-corrected chi connectivity index (χ3v) is 3.22. The molecule has 2 rings (SSSR count). The van der Waals surface area contributed by atoms with Crippen LogP contribution in [0.1, 0.15) is 50.2 Å². The Morgan fingerprint density at radius 2 is 2.00 bits per heavy atom. The second kappa shape index (κ2) is 5.92. The molecule has 0 radical (unpaired) electrons. The van der Waals surface area contributed by atoms with Crippen molar-refractivity contribution in [2.75, 3.05) is 0 Å². The molecular formula is C14H18FNO. The normalized spacial score (nSPS) is 22.1. The summed E-state index contributed by atoms with van der Waals surface area (Å²) in [6.45, 7) is 0. The summed E-state index contributed by atoms with van der Waals surface area (Å²) in [7, 11) is 0. The average Bonchev–Trinajstić information content (AvgIpc) is 2.28. The van der Waals surface area contributed by atoms with Crippen LogP contribution in [0, 0.1) is 5.82 Å². The van der Waals surface area contributed by atoms with Crippen molar-refractivity contribution >= 4 is 0 Å². The Hall–Kier alpha value is -1.22. The van der Waals surface area contributed by atoms with Crippen LogP contribution in [0.2, 0.25) is 0 Å². The van der Waals surface area contributed by atoms with Gasteiger partial charge in [-0.3, -0.25) is 4.98 Å². The van der Waals surface area contributed by atoms with E-state index in [0.29, 0.717) is 5.56 Å². The minimum atomic E-state index is -0.698. The van der Waals surface area contributed by atoms with Crippen molar-refractivity contribution in [2.45, 2.75) is 44.6 Å². The molecule has 92 valence electrons. The summed E-state index contributed by atoms with van der Waals surface area (Å²) in [5, 5.41) is 10.2. The lowest BCUT2D eigenvalue weighted by atomic mass is 9.93. The number of aliphatic hydroxyl groups is 1. The first-order valence-electron chi connectivity index (χ1n) is 6.25. The van der Waals surface area contributed by atoms with Gasteiger partial charge in [0.1, 0.15) is 11.9 Å². The highest BCUT2D eigenvalue weighted by Crippen LogP contribution is 2.28. The molecule has 3 heteroatoms. The topological polar surface area (TPSA) is 33.1 Å². The van der Waals surface area contributed by atoms with Crippen LogP contribution in [0.5, 0.6) is 0 Å². The van der Waals surface area contributed by atoms with Crippen LogP contribution < -0.4 is 0 Å². The second-order valence-corrected chi connectivity index (χ2v) is 4.57. The summed E-state index contributed by atoms with van der Waals surface area (Å²) in [6.07, 6.45) is 10.8. The first-order valence-corrected chi connectivity index (χ1v) is 6.25. The maximum absolute atomic E-state index is 13.0. The third kappa shape index (κ3) is 3.37. The van der Waals surface area contributed by atoms with Crippen molar-refractivity contribution in [2.24, 2.45) is 0 Å². The van der Waals surface area contributed by atoms with Crippen LogP contribution in [0.3, 0.4) is 0 Å². The molecule has 0 aliphatic heterocycles. The first-order chi connectivity index (χ1) is 8.27. The van der Waals surface area contributed by atoms with Crippen LogP contribution >= 0.6 is 0 Å². The Kier molecular flexibility index (Phi) is 4.26. The fourth-order valence-corrected chi connectivity index (χ4v) is 2.26. The van der Waals surface area contributed by atoms with E-state index in [4.69, 9.17) is 0 Å². The summed E-state index contributed by atoms with van der Waals surface area (Å²) >= 11 is 0. The summed E-state index contributed by atoms with van der Waals surface area (Å²) in [5.41, 5.74) is 1.56. The first kappa shape index (κ1) is 12.2. The molecule has 17 heavy (non-hydrogen) atoms. The molecule has 1 aromatic heterocycles. The summed E-state index contributed by atoms with van der Waals surface area (Å²) < 4.78 is 13.0. The Morgan fingerprint density at radius 3 is 2.82 bits per heavy atom. The number of aromatic nitrogens is 1. The minimum Gasteiger partial charge on any atom is -0.384 e. The Labute approximate surface area is 101 Å². The van der Waals surface area contributed by atoms with Crippen molar-refractivity contribution in [3.8, 4) is 0 Å². The highest BCUT2D eigenvalue weighted by molar-refractivity contribution is 5.24. The van der Waals surface area contributed by atoms with Gasteiger partial charge in [0.15, 0.2) is 0 Å². The molecule has 1 aliphatic carbocycles. The van der Waals surface area contributed by atoms with Gasteiger partial charge in [0.05, 0.1) is 6.20 Å². The van der Waals surface area contributed by atoms with Gasteiger partial charge < -0.3 is 5.11 Å². The zero-order chi connectivity index (χ0) is 12.1. The van der Waals surface area contributed by atoms with Crippen LogP contribution in [-0.2, 0) is 0 Å². The van der Waals surface area contributed by atoms with E-state index < -0.39 is 11.9 Å². The largest absolute Gasteiger partial charge is 0.384 e. The molecule has 0 aromatic carbocycles. The molecule has 1 N–H and O–H groups in total. The predicted octanol–water partition coefficient (Wildman–Crippen LogP) is 3.53. The van der Waals surface area contributed by atoms with Gasteiger partial charge in [-0.25, -0.2) is 4.39 Å². The average molecular weight is 235 g/mol. The number of pyridine rings is 1. The third-order valence-electron chi connectivity index (χ3n) is 3.22. The summed E-state index contributed by atoms with van der Waals surface area (Å²) in [6, 6.07) is 1.36. The molecule has 0 bridgehead atoms. The fourth-order valence-electron chi connectivity index (χ4n) is 2.26. The number of nitrogens with zero attached hydrogens (tertiary/aromatic N) is 1. The molecule has 0 amide bonds. The lowest BCUT2D eigenvalue weighted by Crippen LogP contribution is -2.04. The van der Waals surface area contributed by atoms with E-state index in [9.17, 15) is 9.50 Å². The van der Waals surface area contributed by atoms with Crippen molar-refractivity contribution in [1.29, 1.82) is 0 Å². The van der Waals surface area contributed by atoms with Crippen LogP contribution in [0.25, 0.3) is 0 Å². The molecule has 0 saturated heterocycles. The van der Waals surface area contributed by atoms with Gasteiger partial charge in [-0.2, -0.15) is 0 Å². The van der Waals surface area contributed by atoms with E-state index in [0.717, 1.165) is 31.0 Å². The lowest BCUT2D eigenvalue weighted by molar-refractivity contribution is 0.208. The van der Waals surface area contributed by atoms with Gasteiger partial charge in [0.25, 0.3) is 0 Å². The highest BCUT2D eigenvalue weighted by atomic mass is 19.1. The Bertz CT molecular complexity index is 403. The Balaban J connectivity index is 2.14. The predicted molar refractivity (Wildman–Crippen MR) is 64.9 cm³/mol. The highest BCUT2D eigenvalue weighted by Gasteiger charge is 2.15. The molecule has 2 nitrogen and oxygen atoms in total. The zero-order valence-corrected chi connectivity index (χ0v) is 9.90. The monoisotopic (exact) mass is 235 g/mol. The van der Waals surface area contributed by atoms with Gasteiger partial charge in [0, 0.05) is 11.8 Å². The van der Waals surface area contributed by atoms with E-state index in [1.54, 1.807) is 0 Å². The fraction of sp³-hybridized carbons (Fsp3) is 0.500. The minimum absolute atomic E-state index is 0.395. The van der Waals surface area contributed by atoms with Gasteiger partial charge in [0.2, 0.25) is 0 Å². The van der Waals surface area contributed by atoms with Gasteiger partial charge in [-0.1, -0.05) is 18.9 Å². The van der Waals surface area contributed by atoms with E-state index in [1.165, 1.54) is 31.5 Å². The SMILES string of the molecule is OC(/C1=C/CCCCCC1)c1cncc(F)c1. The van der Waals surface area contributed by atoms with E-state index in [1.807, 2.05) is 0 Å². The quantitative estimate of drug-likeness (QED) is 0.795. The van der Waals surface area contributed by atoms with Crippen LogP contribution in [0.15, 0.2) is 30.1 Å². The number of halogens is 1. The number of allylic oxidation sites excluding steroid dienone is 1. The van der Waals surface area contributed by atoms with E-state index in [-0.39, 0.29) is 0 Å². The smallest absolute Gasteiger partial charge is 0.141 e. The molecule has 1 heterocycles. The van der Waals surface area contributed by atoms with Crippen molar-refractivity contribution in [3.63, 3.8) is 0 Å². The molecule has 1 aromatic rings. The van der Waals surface area contributed by atoms with E-state index in [2.05, 4.69) is 11.1 Å². The maximum Gasteiger partial charge on any atom is 0.141 e. The molecular weight excluding hydrogens is 217 g/mol. The Morgan fingerprint density at radius 1 is 1.18 bits per heavy atom. The molecule has 1 unspecified atom stereocenters. The summed E-state index contributed by atoms with van der Waals surface area (Å²) in [5.74, 6) is -0.395. The number of hydrogen-bond donors (Lipinski definition) is 1. The van der Waals surface area contributed by atoms with Crippen LogP contribution in [0.4, 0.5) is 4.39 Å². The molecule has 0 saturated carbocycles. The molecule has 1 aliphatic rings.